The van der Waals surface area contributed by atoms with Crippen molar-refractivity contribution in [2.24, 2.45) is 0 Å². The minimum Gasteiger partial charge on any atom is -0.495 e. The predicted molar refractivity (Wildman–Crippen MR) is 87.5 cm³/mol. The molecule has 2 aromatic rings. The first-order chi connectivity index (χ1) is 9.51. The van der Waals surface area contributed by atoms with Gasteiger partial charge in [0.1, 0.15) is 5.75 Å². The van der Waals surface area contributed by atoms with Crippen LogP contribution in [0.1, 0.15) is 15.9 Å². The van der Waals surface area contributed by atoms with Gasteiger partial charge in [-0.25, -0.2) is 0 Å². The summed E-state index contributed by atoms with van der Waals surface area (Å²) in [5.74, 6) is 0.453. The van der Waals surface area contributed by atoms with Gasteiger partial charge in [0.15, 0.2) is 0 Å². The minimum absolute atomic E-state index is 0.166. The predicted octanol–water partition coefficient (Wildman–Crippen LogP) is 4.78. The first kappa shape index (κ1) is 15.1. The van der Waals surface area contributed by atoms with Crippen molar-refractivity contribution >= 4 is 43.5 Å². The van der Waals surface area contributed by atoms with E-state index in [1.165, 1.54) is 0 Å². The molecule has 3 nitrogen and oxygen atoms in total. The van der Waals surface area contributed by atoms with E-state index >= 15 is 0 Å². The maximum Gasteiger partial charge on any atom is 0.256 e. The van der Waals surface area contributed by atoms with E-state index in [0.29, 0.717) is 17.0 Å². The Bertz CT molecular complexity index is 656. The van der Waals surface area contributed by atoms with E-state index in [-0.39, 0.29) is 5.91 Å². The zero-order chi connectivity index (χ0) is 14.7. The van der Waals surface area contributed by atoms with E-state index in [2.05, 4.69) is 37.2 Å². The maximum atomic E-state index is 12.4. The molecule has 0 aliphatic carbocycles. The van der Waals surface area contributed by atoms with Crippen molar-refractivity contribution in [3.63, 3.8) is 0 Å². The highest BCUT2D eigenvalue weighted by atomic mass is 79.9. The number of nitrogens with one attached hydrogen (secondary N) is 1. The standard InChI is InChI=1S/C15H13Br2NO2/c1-9-3-4-10(16)7-12(9)15(19)18-13-8-11(17)5-6-14(13)20-2/h3-8H,1-2H3,(H,18,19). The number of amides is 1. The lowest BCUT2D eigenvalue weighted by Gasteiger charge is -2.12. The number of anilines is 1. The maximum absolute atomic E-state index is 12.4. The van der Waals surface area contributed by atoms with E-state index in [1.54, 1.807) is 19.2 Å². The Balaban J connectivity index is 2.32. The van der Waals surface area contributed by atoms with Crippen LogP contribution in [0.25, 0.3) is 0 Å². The lowest BCUT2D eigenvalue weighted by molar-refractivity contribution is 0.102. The largest absolute Gasteiger partial charge is 0.495 e. The van der Waals surface area contributed by atoms with Gasteiger partial charge in [-0.1, -0.05) is 37.9 Å². The Kier molecular flexibility index (Phi) is 4.83. The van der Waals surface area contributed by atoms with Crippen LogP contribution < -0.4 is 10.1 Å². The number of benzene rings is 2. The number of methoxy groups -OCH3 is 1. The molecule has 0 atom stereocenters. The number of rotatable bonds is 3. The van der Waals surface area contributed by atoms with E-state index in [4.69, 9.17) is 4.74 Å². The van der Waals surface area contributed by atoms with Crippen molar-refractivity contribution in [3.8, 4) is 5.75 Å². The normalized spacial score (nSPS) is 10.2. The van der Waals surface area contributed by atoms with Gasteiger partial charge >= 0.3 is 0 Å². The number of hydrogen-bond donors (Lipinski definition) is 1. The number of ether oxygens (including phenoxy) is 1. The number of carbonyl (C=O) groups is 1. The van der Waals surface area contributed by atoms with Crippen LogP contribution in [0.2, 0.25) is 0 Å². The average Bonchev–Trinajstić information content (AvgIpc) is 2.41. The third-order valence-corrected chi connectivity index (χ3v) is 3.84. The summed E-state index contributed by atoms with van der Waals surface area (Å²) < 4.78 is 6.99. The quantitative estimate of drug-likeness (QED) is 0.807. The molecule has 0 aliphatic rings. The fraction of sp³-hybridized carbons (Fsp3) is 0.133. The average molecular weight is 399 g/mol. The summed E-state index contributed by atoms with van der Waals surface area (Å²) in [5.41, 5.74) is 2.17. The van der Waals surface area contributed by atoms with E-state index in [0.717, 1.165) is 14.5 Å². The van der Waals surface area contributed by atoms with Crippen molar-refractivity contribution in [2.45, 2.75) is 6.92 Å². The molecular weight excluding hydrogens is 386 g/mol. The molecule has 1 N–H and O–H groups in total. The summed E-state index contributed by atoms with van der Waals surface area (Å²) in [6, 6.07) is 11.1. The van der Waals surface area contributed by atoms with Crippen LogP contribution in [0, 0.1) is 6.92 Å². The molecule has 0 bridgehead atoms. The van der Waals surface area contributed by atoms with Crippen LogP contribution in [0.15, 0.2) is 45.3 Å². The topological polar surface area (TPSA) is 38.3 Å². The monoisotopic (exact) mass is 397 g/mol. The Hall–Kier alpha value is -1.33. The molecule has 20 heavy (non-hydrogen) atoms. The van der Waals surface area contributed by atoms with Gasteiger partial charge in [-0.05, 0) is 42.8 Å². The molecule has 0 radical (unpaired) electrons. The van der Waals surface area contributed by atoms with Crippen molar-refractivity contribution in [1.29, 1.82) is 0 Å². The van der Waals surface area contributed by atoms with Gasteiger partial charge in [-0.3, -0.25) is 4.79 Å². The summed E-state index contributed by atoms with van der Waals surface area (Å²) in [7, 11) is 1.57. The molecule has 0 heterocycles. The molecular formula is C15H13Br2NO2. The first-order valence-corrected chi connectivity index (χ1v) is 7.51. The van der Waals surface area contributed by atoms with Crippen LogP contribution in [0.5, 0.6) is 5.75 Å². The molecule has 0 spiro atoms. The van der Waals surface area contributed by atoms with Crippen LogP contribution in [0.4, 0.5) is 5.69 Å². The van der Waals surface area contributed by atoms with Gasteiger partial charge < -0.3 is 10.1 Å². The zero-order valence-electron chi connectivity index (χ0n) is 11.0. The molecule has 0 saturated carbocycles. The first-order valence-electron chi connectivity index (χ1n) is 5.92. The highest BCUT2D eigenvalue weighted by Crippen LogP contribution is 2.28. The molecule has 5 heteroatoms. The van der Waals surface area contributed by atoms with E-state index in [1.807, 2.05) is 31.2 Å². The van der Waals surface area contributed by atoms with E-state index < -0.39 is 0 Å². The van der Waals surface area contributed by atoms with Crippen molar-refractivity contribution in [2.75, 3.05) is 12.4 Å². The molecule has 0 aromatic heterocycles. The fourth-order valence-corrected chi connectivity index (χ4v) is 2.53. The second-order valence-corrected chi connectivity index (χ2v) is 6.09. The van der Waals surface area contributed by atoms with Crippen LogP contribution >= 0.6 is 31.9 Å². The summed E-state index contributed by atoms with van der Waals surface area (Å²) in [4.78, 5) is 12.4. The summed E-state index contributed by atoms with van der Waals surface area (Å²) in [6.45, 7) is 1.90. The lowest BCUT2D eigenvalue weighted by Crippen LogP contribution is -2.14. The van der Waals surface area contributed by atoms with Gasteiger partial charge in [0.2, 0.25) is 0 Å². The molecule has 104 valence electrons. The summed E-state index contributed by atoms with van der Waals surface area (Å²) >= 11 is 6.76. The second-order valence-electron chi connectivity index (χ2n) is 4.26. The summed E-state index contributed by atoms with van der Waals surface area (Å²) in [6.07, 6.45) is 0. The molecule has 1 amide bonds. The van der Waals surface area contributed by atoms with Crippen molar-refractivity contribution in [3.05, 3.63) is 56.5 Å². The van der Waals surface area contributed by atoms with Gasteiger partial charge in [-0.2, -0.15) is 0 Å². The Morgan fingerprint density at radius 1 is 1.10 bits per heavy atom. The van der Waals surface area contributed by atoms with Crippen molar-refractivity contribution in [1.82, 2.24) is 0 Å². The van der Waals surface area contributed by atoms with Crippen LogP contribution in [0.3, 0.4) is 0 Å². The minimum atomic E-state index is -0.166. The van der Waals surface area contributed by atoms with Gasteiger partial charge in [-0.15, -0.1) is 0 Å². The lowest BCUT2D eigenvalue weighted by atomic mass is 10.1. The van der Waals surface area contributed by atoms with Crippen LogP contribution in [-0.2, 0) is 0 Å². The van der Waals surface area contributed by atoms with Gasteiger partial charge in [0.25, 0.3) is 5.91 Å². The number of aryl methyl sites for hydroxylation is 1. The Morgan fingerprint density at radius 2 is 1.75 bits per heavy atom. The van der Waals surface area contributed by atoms with E-state index in [9.17, 15) is 4.79 Å². The fourth-order valence-electron chi connectivity index (χ4n) is 1.81. The molecule has 0 aliphatic heterocycles. The highest BCUT2D eigenvalue weighted by molar-refractivity contribution is 9.10. The highest BCUT2D eigenvalue weighted by Gasteiger charge is 2.12. The molecule has 0 unspecified atom stereocenters. The molecule has 2 aromatic carbocycles. The number of carbonyl (C=O) groups excluding carboxylic acids is 1. The third-order valence-electron chi connectivity index (χ3n) is 2.85. The number of hydrogen-bond acceptors (Lipinski definition) is 2. The second kappa shape index (κ2) is 6.41. The van der Waals surface area contributed by atoms with Gasteiger partial charge in [0.05, 0.1) is 12.8 Å². The zero-order valence-corrected chi connectivity index (χ0v) is 14.2. The Morgan fingerprint density at radius 3 is 2.45 bits per heavy atom. The molecule has 2 rings (SSSR count). The number of halogens is 2. The molecule has 0 saturated heterocycles. The van der Waals surface area contributed by atoms with Gasteiger partial charge in [0, 0.05) is 14.5 Å². The van der Waals surface area contributed by atoms with Crippen LogP contribution in [-0.4, -0.2) is 13.0 Å². The Labute approximate surface area is 134 Å². The summed E-state index contributed by atoms with van der Waals surface area (Å²) in [5, 5.41) is 2.87. The third kappa shape index (κ3) is 3.41. The smallest absolute Gasteiger partial charge is 0.256 e. The van der Waals surface area contributed by atoms with Crippen molar-refractivity contribution < 1.29 is 9.53 Å². The SMILES string of the molecule is COc1ccc(Br)cc1NC(=O)c1cc(Br)ccc1C. The molecule has 0 fully saturated rings.